The predicted molar refractivity (Wildman–Crippen MR) is 73.8 cm³/mol. The molecule has 0 radical (unpaired) electrons. The van der Waals surface area contributed by atoms with Crippen LogP contribution in [-0.2, 0) is 16.9 Å². The van der Waals surface area contributed by atoms with Crippen molar-refractivity contribution in [2.75, 3.05) is 0 Å². The van der Waals surface area contributed by atoms with Gasteiger partial charge >= 0.3 is 13.8 Å². The normalized spacial score (nSPS) is 12.7. The third-order valence-corrected chi connectivity index (χ3v) is 3.90. The van der Waals surface area contributed by atoms with Crippen LogP contribution in [0.15, 0.2) is 18.3 Å². The van der Waals surface area contributed by atoms with Crippen molar-refractivity contribution >= 4 is 24.3 Å². The zero-order valence-electron chi connectivity index (χ0n) is 11.6. The van der Waals surface area contributed by atoms with Crippen LogP contribution in [0.3, 0.4) is 0 Å². The predicted octanol–water partition coefficient (Wildman–Crippen LogP) is 1.85. The molecular formula is C12H7F3N5O3P. The average molecular weight is 357 g/mol. The smallest absolute Gasteiger partial charge is 0.324 e. The SMILES string of the molecule is N#Cc1cc2ncc3nnc(CP(=O)(O)O)n3c2cc1C(F)(F)F. The van der Waals surface area contributed by atoms with E-state index in [4.69, 9.17) is 15.0 Å². The molecule has 0 atom stereocenters. The van der Waals surface area contributed by atoms with Crippen molar-refractivity contribution < 1.29 is 27.5 Å². The monoisotopic (exact) mass is 357 g/mol. The summed E-state index contributed by atoms with van der Waals surface area (Å²) in [7, 11) is -4.51. The van der Waals surface area contributed by atoms with Gasteiger partial charge in [0.05, 0.1) is 34.4 Å². The van der Waals surface area contributed by atoms with Crippen LogP contribution < -0.4 is 0 Å². The lowest BCUT2D eigenvalue weighted by molar-refractivity contribution is -0.137. The zero-order chi connectivity index (χ0) is 17.7. The zero-order valence-corrected chi connectivity index (χ0v) is 12.5. The van der Waals surface area contributed by atoms with Gasteiger partial charge in [-0.3, -0.25) is 13.9 Å². The van der Waals surface area contributed by atoms with E-state index in [1.165, 1.54) is 12.3 Å². The van der Waals surface area contributed by atoms with Crippen LogP contribution in [0.5, 0.6) is 0 Å². The number of alkyl halides is 3. The summed E-state index contributed by atoms with van der Waals surface area (Å²) in [5.74, 6) is -0.205. The van der Waals surface area contributed by atoms with E-state index in [2.05, 4.69) is 15.2 Å². The molecule has 1 aromatic carbocycles. The second kappa shape index (κ2) is 5.24. The lowest BCUT2D eigenvalue weighted by atomic mass is 10.1. The Balaban J connectivity index is 2.40. The van der Waals surface area contributed by atoms with E-state index in [1.807, 2.05) is 0 Å². The van der Waals surface area contributed by atoms with E-state index in [1.54, 1.807) is 0 Å². The second-order valence-corrected chi connectivity index (χ2v) is 6.53. The van der Waals surface area contributed by atoms with Gasteiger partial charge in [0, 0.05) is 0 Å². The molecule has 0 aliphatic carbocycles. The highest BCUT2D eigenvalue weighted by atomic mass is 31.2. The molecule has 0 aliphatic heterocycles. The molecule has 8 nitrogen and oxygen atoms in total. The Morgan fingerprint density at radius 2 is 2.00 bits per heavy atom. The van der Waals surface area contributed by atoms with E-state index in [0.717, 1.165) is 10.5 Å². The Morgan fingerprint density at radius 1 is 1.29 bits per heavy atom. The highest BCUT2D eigenvalue weighted by molar-refractivity contribution is 7.50. The van der Waals surface area contributed by atoms with Crippen LogP contribution >= 0.6 is 7.60 Å². The molecule has 0 unspecified atom stereocenters. The number of halogens is 3. The molecule has 3 aromatic rings. The molecule has 2 heterocycles. The minimum absolute atomic E-state index is 0.0313. The molecule has 0 aliphatic rings. The fourth-order valence-corrected chi connectivity index (χ4v) is 2.85. The second-order valence-electron chi connectivity index (χ2n) is 4.89. The first-order valence-electron chi connectivity index (χ1n) is 6.29. The number of benzene rings is 1. The Kier molecular flexibility index (Phi) is 3.56. The summed E-state index contributed by atoms with van der Waals surface area (Å²) in [6.07, 6.45) is -4.39. The van der Waals surface area contributed by atoms with E-state index in [0.29, 0.717) is 6.07 Å². The first kappa shape index (κ1) is 16.3. The quantitative estimate of drug-likeness (QED) is 0.671. The Hall–Kier alpha value is -2.54. The van der Waals surface area contributed by atoms with Crippen LogP contribution in [0, 0.1) is 11.3 Å². The lowest BCUT2D eigenvalue weighted by Gasteiger charge is -2.11. The molecule has 12 heteroatoms. The molecule has 0 saturated heterocycles. The van der Waals surface area contributed by atoms with Gasteiger partial charge in [-0.05, 0) is 12.1 Å². The summed E-state index contributed by atoms with van der Waals surface area (Å²) in [6.45, 7) is 0. The van der Waals surface area contributed by atoms with Gasteiger partial charge in [0.25, 0.3) is 0 Å². The molecule has 0 bridgehead atoms. The summed E-state index contributed by atoms with van der Waals surface area (Å²) < 4.78 is 51.6. The lowest BCUT2D eigenvalue weighted by Crippen LogP contribution is -2.09. The van der Waals surface area contributed by atoms with Crippen molar-refractivity contribution in [2.45, 2.75) is 12.3 Å². The minimum Gasteiger partial charge on any atom is -0.324 e. The first-order valence-corrected chi connectivity index (χ1v) is 8.08. The summed E-state index contributed by atoms with van der Waals surface area (Å²) >= 11 is 0. The third kappa shape index (κ3) is 2.82. The minimum atomic E-state index is -4.78. The van der Waals surface area contributed by atoms with Crippen molar-refractivity contribution in [3.8, 4) is 6.07 Å². The summed E-state index contributed by atoms with van der Waals surface area (Å²) in [5, 5.41) is 16.2. The number of fused-ring (bicyclic) bond motifs is 3. The molecular weight excluding hydrogens is 350 g/mol. The Morgan fingerprint density at radius 3 is 2.58 bits per heavy atom. The van der Waals surface area contributed by atoms with Gasteiger partial charge in [0.15, 0.2) is 5.65 Å². The van der Waals surface area contributed by atoms with Gasteiger partial charge in [-0.15, -0.1) is 10.2 Å². The molecule has 0 fully saturated rings. The molecule has 124 valence electrons. The Labute approximate surface area is 131 Å². The number of hydrogen-bond donors (Lipinski definition) is 2. The average Bonchev–Trinajstić information content (AvgIpc) is 2.86. The van der Waals surface area contributed by atoms with Crippen molar-refractivity contribution in [1.82, 2.24) is 19.6 Å². The molecule has 3 rings (SSSR count). The molecule has 2 aromatic heterocycles. The molecule has 0 saturated carbocycles. The number of rotatable bonds is 2. The van der Waals surface area contributed by atoms with Crippen LogP contribution in [-0.4, -0.2) is 29.4 Å². The fourth-order valence-electron chi connectivity index (χ4n) is 2.28. The van der Waals surface area contributed by atoms with Crippen LogP contribution in [0.4, 0.5) is 13.2 Å². The molecule has 0 amide bonds. The maximum atomic E-state index is 13.1. The molecule has 2 N–H and O–H groups in total. The van der Waals surface area contributed by atoms with Crippen molar-refractivity contribution in [3.05, 3.63) is 35.3 Å². The van der Waals surface area contributed by atoms with Crippen LogP contribution in [0.2, 0.25) is 0 Å². The number of hydrogen-bond acceptors (Lipinski definition) is 5. The van der Waals surface area contributed by atoms with Gasteiger partial charge < -0.3 is 9.79 Å². The van der Waals surface area contributed by atoms with Crippen molar-refractivity contribution in [2.24, 2.45) is 0 Å². The largest absolute Gasteiger partial charge is 0.417 e. The maximum absolute atomic E-state index is 13.1. The topological polar surface area (TPSA) is 124 Å². The summed E-state index contributed by atoms with van der Waals surface area (Å²) in [4.78, 5) is 22.1. The van der Waals surface area contributed by atoms with E-state index in [9.17, 15) is 17.7 Å². The van der Waals surface area contributed by atoms with Crippen LogP contribution in [0.1, 0.15) is 17.0 Å². The van der Waals surface area contributed by atoms with Gasteiger partial charge in [-0.1, -0.05) is 0 Å². The van der Waals surface area contributed by atoms with Gasteiger partial charge in [0.2, 0.25) is 0 Å². The van der Waals surface area contributed by atoms with E-state index >= 15 is 0 Å². The van der Waals surface area contributed by atoms with Crippen molar-refractivity contribution in [3.63, 3.8) is 0 Å². The van der Waals surface area contributed by atoms with Gasteiger partial charge in [-0.2, -0.15) is 18.4 Å². The third-order valence-electron chi connectivity index (χ3n) is 3.20. The molecule has 0 spiro atoms. The maximum Gasteiger partial charge on any atom is 0.417 e. The highest BCUT2D eigenvalue weighted by Crippen LogP contribution is 2.39. The highest BCUT2D eigenvalue weighted by Gasteiger charge is 2.34. The molecule has 24 heavy (non-hydrogen) atoms. The first-order chi connectivity index (χ1) is 11.1. The van der Waals surface area contributed by atoms with Crippen molar-refractivity contribution in [1.29, 1.82) is 5.26 Å². The van der Waals surface area contributed by atoms with E-state index in [-0.39, 0.29) is 22.5 Å². The van der Waals surface area contributed by atoms with Gasteiger partial charge in [-0.25, -0.2) is 0 Å². The van der Waals surface area contributed by atoms with E-state index < -0.39 is 31.1 Å². The fraction of sp³-hybridized carbons (Fsp3) is 0.167. The number of nitriles is 1. The number of nitrogens with zero attached hydrogens (tertiary/aromatic N) is 5. The Bertz CT molecular complexity index is 1050. The summed E-state index contributed by atoms with van der Waals surface area (Å²) in [5.41, 5.74) is -1.82. The standard InChI is InChI=1S/C12H7F3N5O3P/c13-12(14,15)7-2-9-8(1-6(7)3-16)17-4-10-18-19-11(20(9)10)5-24(21,22)23/h1-2,4H,5H2,(H2,21,22,23). The van der Waals surface area contributed by atoms with Crippen LogP contribution in [0.25, 0.3) is 16.7 Å². The summed E-state index contributed by atoms with van der Waals surface area (Å²) in [6, 6.07) is 3.12. The number of aromatic nitrogens is 4. The van der Waals surface area contributed by atoms with Gasteiger partial charge in [0.1, 0.15) is 12.0 Å².